The lowest BCUT2D eigenvalue weighted by atomic mass is 10.1. The van der Waals surface area contributed by atoms with E-state index in [1.54, 1.807) is 18.4 Å². The van der Waals surface area contributed by atoms with Gasteiger partial charge in [0.25, 0.3) is 0 Å². The molecule has 124 valence electrons. The Hall–Kier alpha value is -2.37. The lowest BCUT2D eigenvalue weighted by molar-refractivity contribution is 0.284. The molecule has 2 aromatic carbocycles. The molecular weight excluding hydrogens is 320 g/mol. The number of benzene rings is 2. The second-order valence-electron chi connectivity index (χ2n) is 5.30. The van der Waals surface area contributed by atoms with Crippen LogP contribution < -0.4 is 14.8 Å². The van der Waals surface area contributed by atoms with Crippen molar-refractivity contribution >= 4 is 11.3 Å². The monoisotopic (exact) mass is 340 g/mol. The minimum absolute atomic E-state index is 0.513. The predicted molar refractivity (Wildman–Crippen MR) is 97.6 cm³/mol. The smallest absolute Gasteiger partial charge is 0.161 e. The van der Waals surface area contributed by atoms with E-state index in [4.69, 9.17) is 9.47 Å². The van der Waals surface area contributed by atoms with Crippen molar-refractivity contribution < 1.29 is 9.47 Å². The summed E-state index contributed by atoms with van der Waals surface area (Å²) in [5, 5.41) is 6.24. The summed E-state index contributed by atoms with van der Waals surface area (Å²) < 4.78 is 11.4. The molecule has 0 aliphatic rings. The molecule has 1 heterocycles. The van der Waals surface area contributed by atoms with Crippen LogP contribution in [0.15, 0.2) is 53.9 Å². The lowest BCUT2D eigenvalue weighted by Gasteiger charge is -2.12. The second-order valence-corrected chi connectivity index (χ2v) is 6.24. The van der Waals surface area contributed by atoms with Gasteiger partial charge in [0, 0.05) is 17.5 Å². The maximum atomic E-state index is 5.90. The average Bonchev–Trinajstić information content (AvgIpc) is 3.10. The standard InChI is InChI=1S/C19H20N2O2S/c1-20-11-19-21-16(13-24-19)15-8-9-17(18(10-15)22-2)23-12-14-6-4-3-5-7-14/h3-10,13,20H,11-12H2,1-2H3. The van der Waals surface area contributed by atoms with Crippen molar-refractivity contribution in [2.45, 2.75) is 13.2 Å². The minimum atomic E-state index is 0.513. The van der Waals surface area contributed by atoms with E-state index in [1.807, 2.05) is 55.6 Å². The Bertz CT molecular complexity index is 787. The molecule has 0 bridgehead atoms. The summed E-state index contributed by atoms with van der Waals surface area (Å²) in [7, 11) is 3.57. The first kappa shape index (κ1) is 16.5. The highest BCUT2D eigenvalue weighted by molar-refractivity contribution is 7.09. The van der Waals surface area contributed by atoms with E-state index in [0.717, 1.165) is 34.1 Å². The molecule has 0 atom stereocenters. The average molecular weight is 340 g/mol. The number of ether oxygens (including phenoxy) is 2. The first-order valence-electron chi connectivity index (χ1n) is 7.74. The third-order valence-electron chi connectivity index (χ3n) is 3.58. The van der Waals surface area contributed by atoms with E-state index in [9.17, 15) is 0 Å². The molecule has 1 aromatic heterocycles. The largest absolute Gasteiger partial charge is 0.493 e. The fourth-order valence-corrected chi connectivity index (χ4v) is 3.17. The van der Waals surface area contributed by atoms with Crippen LogP contribution in [0.2, 0.25) is 0 Å². The summed E-state index contributed by atoms with van der Waals surface area (Å²) in [5.41, 5.74) is 3.11. The number of nitrogens with one attached hydrogen (secondary N) is 1. The quantitative estimate of drug-likeness (QED) is 0.703. The van der Waals surface area contributed by atoms with Gasteiger partial charge in [0.05, 0.1) is 12.8 Å². The molecule has 0 unspecified atom stereocenters. The van der Waals surface area contributed by atoms with Gasteiger partial charge in [-0.2, -0.15) is 0 Å². The topological polar surface area (TPSA) is 43.4 Å². The Labute approximate surface area is 146 Å². The van der Waals surface area contributed by atoms with Crippen LogP contribution >= 0.6 is 11.3 Å². The number of hydrogen-bond donors (Lipinski definition) is 1. The van der Waals surface area contributed by atoms with Crippen molar-refractivity contribution in [1.29, 1.82) is 0 Å². The zero-order valence-corrected chi connectivity index (χ0v) is 14.6. The van der Waals surface area contributed by atoms with Gasteiger partial charge in [0.1, 0.15) is 11.6 Å². The molecule has 0 aliphatic carbocycles. The van der Waals surface area contributed by atoms with Gasteiger partial charge >= 0.3 is 0 Å². The molecule has 0 fully saturated rings. The number of aromatic nitrogens is 1. The molecule has 0 spiro atoms. The van der Waals surface area contributed by atoms with Crippen LogP contribution in [0.1, 0.15) is 10.6 Å². The summed E-state index contributed by atoms with van der Waals surface area (Å²) in [6, 6.07) is 16.0. The highest BCUT2D eigenvalue weighted by Crippen LogP contribution is 2.33. The van der Waals surface area contributed by atoms with Gasteiger partial charge in [-0.05, 0) is 30.8 Å². The Morgan fingerprint density at radius 1 is 1.08 bits per heavy atom. The molecule has 0 saturated heterocycles. The molecule has 4 nitrogen and oxygen atoms in total. The van der Waals surface area contributed by atoms with Crippen molar-refractivity contribution in [2.24, 2.45) is 0 Å². The predicted octanol–water partition coefficient (Wildman–Crippen LogP) is 4.12. The molecule has 0 saturated carbocycles. The first-order chi connectivity index (χ1) is 11.8. The maximum absolute atomic E-state index is 5.90. The van der Waals surface area contributed by atoms with Gasteiger partial charge in [0.2, 0.25) is 0 Å². The van der Waals surface area contributed by atoms with Crippen molar-refractivity contribution in [2.75, 3.05) is 14.2 Å². The molecular formula is C19H20N2O2S. The van der Waals surface area contributed by atoms with Crippen LogP contribution in [-0.2, 0) is 13.2 Å². The Morgan fingerprint density at radius 2 is 1.92 bits per heavy atom. The molecule has 0 aliphatic heterocycles. The van der Waals surface area contributed by atoms with Gasteiger partial charge in [0.15, 0.2) is 11.5 Å². The number of rotatable bonds is 7. The molecule has 5 heteroatoms. The Morgan fingerprint density at radius 3 is 2.67 bits per heavy atom. The van der Waals surface area contributed by atoms with Crippen molar-refractivity contribution in [1.82, 2.24) is 10.3 Å². The molecule has 0 radical (unpaired) electrons. The van der Waals surface area contributed by atoms with Gasteiger partial charge in [-0.15, -0.1) is 11.3 Å². The van der Waals surface area contributed by atoms with Crippen LogP contribution in [0.25, 0.3) is 11.3 Å². The minimum Gasteiger partial charge on any atom is -0.493 e. The highest BCUT2D eigenvalue weighted by atomic mass is 32.1. The number of methoxy groups -OCH3 is 1. The molecule has 1 N–H and O–H groups in total. The van der Waals surface area contributed by atoms with Crippen molar-refractivity contribution in [3.8, 4) is 22.8 Å². The maximum Gasteiger partial charge on any atom is 0.161 e. The van der Waals surface area contributed by atoms with Crippen LogP contribution in [0.3, 0.4) is 0 Å². The second kappa shape index (κ2) is 7.95. The van der Waals surface area contributed by atoms with E-state index in [-0.39, 0.29) is 0 Å². The summed E-state index contributed by atoms with van der Waals surface area (Å²) in [6.07, 6.45) is 0. The van der Waals surface area contributed by atoms with Crippen LogP contribution in [0.5, 0.6) is 11.5 Å². The third-order valence-corrected chi connectivity index (χ3v) is 4.43. The molecule has 3 rings (SSSR count). The summed E-state index contributed by atoms with van der Waals surface area (Å²) >= 11 is 1.65. The summed E-state index contributed by atoms with van der Waals surface area (Å²) in [5.74, 6) is 1.45. The SMILES string of the molecule is CNCc1nc(-c2ccc(OCc3ccccc3)c(OC)c2)cs1. The fraction of sp³-hybridized carbons (Fsp3) is 0.211. The molecule has 0 amide bonds. The van der Waals surface area contributed by atoms with Gasteiger partial charge in [-0.3, -0.25) is 0 Å². The zero-order valence-electron chi connectivity index (χ0n) is 13.8. The normalized spacial score (nSPS) is 10.6. The van der Waals surface area contributed by atoms with Gasteiger partial charge < -0.3 is 14.8 Å². The van der Waals surface area contributed by atoms with Crippen molar-refractivity contribution in [3.63, 3.8) is 0 Å². The Balaban J connectivity index is 1.77. The van der Waals surface area contributed by atoms with E-state index in [1.165, 1.54) is 0 Å². The Kier molecular flexibility index (Phi) is 5.46. The van der Waals surface area contributed by atoms with Crippen molar-refractivity contribution in [3.05, 3.63) is 64.5 Å². The zero-order chi connectivity index (χ0) is 16.8. The van der Waals surface area contributed by atoms with Crippen LogP contribution in [0.4, 0.5) is 0 Å². The van der Waals surface area contributed by atoms with E-state index < -0.39 is 0 Å². The van der Waals surface area contributed by atoms with E-state index >= 15 is 0 Å². The molecule has 24 heavy (non-hydrogen) atoms. The third kappa shape index (κ3) is 3.93. The van der Waals surface area contributed by atoms with Crippen LogP contribution in [-0.4, -0.2) is 19.1 Å². The number of thiazole rings is 1. The van der Waals surface area contributed by atoms with Crippen LogP contribution in [0, 0.1) is 0 Å². The molecule has 3 aromatic rings. The number of hydrogen-bond acceptors (Lipinski definition) is 5. The summed E-state index contributed by atoms with van der Waals surface area (Å²) in [4.78, 5) is 4.63. The highest BCUT2D eigenvalue weighted by Gasteiger charge is 2.10. The summed E-state index contributed by atoms with van der Waals surface area (Å²) in [6.45, 7) is 1.29. The van der Waals surface area contributed by atoms with Gasteiger partial charge in [-0.1, -0.05) is 30.3 Å². The van der Waals surface area contributed by atoms with E-state index in [2.05, 4.69) is 15.7 Å². The van der Waals surface area contributed by atoms with Gasteiger partial charge in [-0.25, -0.2) is 4.98 Å². The number of nitrogens with zero attached hydrogens (tertiary/aromatic N) is 1. The fourth-order valence-electron chi connectivity index (χ4n) is 2.36. The van der Waals surface area contributed by atoms with E-state index in [0.29, 0.717) is 12.4 Å². The lowest BCUT2D eigenvalue weighted by Crippen LogP contribution is -2.04. The first-order valence-corrected chi connectivity index (χ1v) is 8.62.